The minimum absolute atomic E-state index is 0.343. The van der Waals surface area contributed by atoms with E-state index in [1.54, 1.807) is 0 Å². The molecule has 2 rings (SSSR count). The summed E-state index contributed by atoms with van der Waals surface area (Å²) in [6.07, 6.45) is 1.18. The van der Waals surface area contributed by atoms with Crippen molar-refractivity contribution in [3.05, 3.63) is 0 Å². The SMILES string of the molecule is CC(C)CCOCCN1CC2CNCC2C1(C)C. The molecule has 2 heterocycles. The predicted molar refractivity (Wildman–Crippen MR) is 75.8 cm³/mol. The average molecular weight is 254 g/mol. The molecule has 0 aromatic rings. The van der Waals surface area contributed by atoms with Gasteiger partial charge in [0.2, 0.25) is 0 Å². The van der Waals surface area contributed by atoms with Gasteiger partial charge >= 0.3 is 0 Å². The molecule has 2 aliphatic rings. The molecule has 2 atom stereocenters. The molecule has 3 nitrogen and oxygen atoms in total. The first-order chi connectivity index (χ1) is 8.51. The van der Waals surface area contributed by atoms with Gasteiger partial charge in [0.25, 0.3) is 0 Å². The van der Waals surface area contributed by atoms with Crippen LogP contribution >= 0.6 is 0 Å². The normalized spacial score (nSPS) is 31.2. The lowest BCUT2D eigenvalue weighted by atomic mass is 9.85. The van der Waals surface area contributed by atoms with Crippen molar-refractivity contribution in [1.29, 1.82) is 0 Å². The van der Waals surface area contributed by atoms with Gasteiger partial charge in [0, 0.05) is 31.8 Å². The zero-order valence-electron chi connectivity index (χ0n) is 12.5. The molecule has 106 valence electrons. The summed E-state index contributed by atoms with van der Waals surface area (Å²) in [5.41, 5.74) is 0.343. The number of hydrogen-bond acceptors (Lipinski definition) is 3. The number of nitrogens with one attached hydrogen (secondary N) is 1. The number of rotatable bonds is 6. The minimum atomic E-state index is 0.343. The molecule has 0 saturated carbocycles. The molecule has 0 bridgehead atoms. The standard InChI is InChI=1S/C15H30N2O/c1-12(2)5-7-18-8-6-17-11-13-9-16-10-14(13)15(17,3)4/h12-14,16H,5-11H2,1-4H3. The third-order valence-electron chi connectivity index (χ3n) is 4.86. The van der Waals surface area contributed by atoms with E-state index in [2.05, 4.69) is 37.9 Å². The second-order valence-electron chi connectivity index (χ2n) is 6.92. The van der Waals surface area contributed by atoms with Gasteiger partial charge in [-0.2, -0.15) is 0 Å². The zero-order valence-corrected chi connectivity index (χ0v) is 12.5. The van der Waals surface area contributed by atoms with Crippen molar-refractivity contribution in [2.24, 2.45) is 17.8 Å². The van der Waals surface area contributed by atoms with Gasteiger partial charge in [-0.05, 0) is 44.6 Å². The second-order valence-corrected chi connectivity index (χ2v) is 6.92. The summed E-state index contributed by atoms with van der Waals surface area (Å²) < 4.78 is 5.76. The maximum Gasteiger partial charge on any atom is 0.0593 e. The topological polar surface area (TPSA) is 24.5 Å². The van der Waals surface area contributed by atoms with Crippen LogP contribution in [0.1, 0.15) is 34.1 Å². The molecular formula is C15H30N2O. The van der Waals surface area contributed by atoms with E-state index in [-0.39, 0.29) is 0 Å². The van der Waals surface area contributed by atoms with E-state index in [0.29, 0.717) is 5.54 Å². The molecule has 2 saturated heterocycles. The highest BCUT2D eigenvalue weighted by atomic mass is 16.5. The molecule has 18 heavy (non-hydrogen) atoms. The molecule has 0 spiro atoms. The molecule has 2 unspecified atom stereocenters. The van der Waals surface area contributed by atoms with Crippen molar-refractivity contribution < 1.29 is 4.74 Å². The van der Waals surface area contributed by atoms with E-state index in [1.807, 2.05) is 0 Å². The van der Waals surface area contributed by atoms with Crippen molar-refractivity contribution in [3.63, 3.8) is 0 Å². The van der Waals surface area contributed by atoms with Crippen LogP contribution in [0.4, 0.5) is 0 Å². The zero-order chi connectivity index (χ0) is 13.2. The van der Waals surface area contributed by atoms with E-state index in [4.69, 9.17) is 4.74 Å². The average Bonchev–Trinajstić information content (AvgIpc) is 2.82. The minimum Gasteiger partial charge on any atom is -0.380 e. The number of fused-ring (bicyclic) bond motifs is 1. The summed E-state index contributed by atoms with van der Waals surface area (Å²) >= 11 is 0. The van der Waals surface area contributed by atoms with Gasteiger partial charge in [0.1, 0.15) is 0 Å². The Hall–Kier alpha value is -0.120. The van der Waals surface area contributed by atoms with E-state index in [1.165, 1.54) is 26.1 Å². The van der Waals surface area contributed by atoms with Gasteiger partial charge in [-0.25, -0.2) is 0 Å². The summed E-state index contributed by atoms with van der Waals surface area (Å²) in [6, 6.07) is 0. The van der Waals surface area contributed by atoms with Crippen LogP contribution in [0.3, 0.4) is 0 Å². The summed E-state index contributed by atoms with van der Waals surface area (Å²) in [5.74, 6) is 2.43. The van der Waals surface area contributed by atoms with Crippen LogP contribution in [0.15, 0.2) is 0 Å². The Morgan fingerprint density at radius 1 is 1.28 bits per heavy atom. The Balaban J connectivity index is 1.70. The van der Waals surface area contributed by atoms with Gasteiger partial charge in [-0.15, -0.1) is 0 Å². The van der Waals surface area contributed by atoms with E-state index >= 15 is 0 Å². The third-order valence-corrected chi connectivity index (χ3v) is 4.86. The molecule has 0 aromatic heterocycles. The highest BCUT2D eigenvalue weighted by Crippen LogP contribution is 2.40. The highest BCUT2D eigenvalue weighted by Gasteiger charge is 2.48. The fourth-order valence-corrected chi connectivity index (χ4v) is 3.48. The molecule has 0 aliphatic carbocycles. The summed E-state index contributed by atoms with van der Waals surface area (Å²) in [5, 5.41) is 3.53. The van der Waals surface area contributed by atoms with Crippen molar-refractivity contribution >= 4 is 0 Å². The molecule has 1 N–H and O–H groups in total. The lowest BCUT2D eigenvalue weighted by Crippen LogP contribution is -2.45. The van der Waals surface area contributed by atoms with Crippen LogP contribution in [-0.2, 0) is 4.74 Å². The van der Waals surface area contributed by atoms with E-state index < -0.39 is 0 Å². The Morgan fingerprint density at radius 3 is 2.72 bits per heavy atom. The first-order valence-corrected chi connectivity index (χ1v) is 7.55. The molecule has 2 fully saturated rings. The largest absolute Gasteiger partial charge is 0.380 e. The number of hydrogen-bond donors (Lipinski definition) is 1. The van der Waals surface area contributed by atoms with Crippen LogP contribution in [0.5, 0.6) is 0 Å². The monoisotopic (exact) mass is 254 g/mol. The van der Waals surface area contributed by atoms with Crippen LogP contribution in [0.25, 0.3) is 0 Å². The number of likely N-dealkylation sites (tertiary alicyclic amines) is 1. The van der Waals surface area contributed by atoms with Crippen molar-refractivity contribution in [3.8, 4) is 0 Å². The van der Waals surface area contributed by atoms with Gasteiger partial charge in [-0.1, -0.05) is 13.8 Å². The molecule has 2 aliphatic heterocycles. The first kappa shape index (κ1) is 14.3. The third kappa shape index (κ3) is 3.06. The van der Waals surface area contributed by atoms with E-state index in [9.17, 15) is 0 Å². The lowest BCUT2D eigenvalue weighted by Gasteiger charge is -2.35. The second kappa shape index (κ2) is 5.89. The fourth-order valence-electron chi connectivity index (χ4n) is 3.48. The maximum atomic E-state index is 5.76. The molecule has 0 radical (unpaired) electrons. The molecular weight excluding hydrogens is 224 g/mol. The summed E-state index contributed by atoms with van der Waals surface area (Å²) in [7, 11) is 0. The van der Waals surface area contributed by atoms with Crippen LogP contribution in [0, 0.1) is 17.8 Å². The van der Waals surface area contributed by atoms with Crippen molar-refractivity contribution in [2.75, 3.05) is 39.4 Å². The fraction of sp³-hybridized carbons (Fsp3) is 1.00. The first-order valence-electron chi connectivity index (χ1n) is 7.55. The summed E-state index contributed by atoms with van der Waals surface area (Å²) in [4.78, 5) is 2.64. The van der Waals surface area contributed by atoms with Gasteiger partial charge in [0.15, 0.2) is 0 Å². The van der Waals surface area contributed by atoms with Crippen molar-refractivity contribution in [2.45, 2.75) is 39.7 Å². The van der Waals surface area contributed by atoms with Gasteiger partial charge in [0.05, 0.1) is 6.61 Å². The highest BCUT2D eigenvalue weighted by molar-refractivity contribution is 5.04. The Bertz CT molecular complexity index is 265. The molecule has 0 amide bonds. The Kier molecular flexibility index (Phi) is 4.68. The van der Waals surface area contributed by atoms with Gasteiger partial charge < -0.3 is 10.1 Å². The van der Waals surface area contributed by atoms with E-state index in [0.717, 1.165) is 37.5 Å². The predicted octanol–water partition coefficient (Wildman–Crippen LogP) is 1.98. The van der Waals surface area contributed by atoms with Crippen LogP contribution in [0.2, 0.25) is 0 Å². The lowest BCUT2D eigenvalue weighted by molar-refractivity contribution is 0.0648. The maximum absolute atomic E-state index is 5.76. The van der Waals surface area contributed by atoms with Crippen molar-refractivity contribution in [1.82, 2.24) is 10.2 Å². The number of ether oxygens (including phenoxy) is 1. The quantitative estimate of drug-likeness (QED) is 0.734. The number of nitrogens with zero attached hydrogens (tertiary/aromatic N) is 1. The summed E-state index contributed by atoms with van der Waals surface area (Å²) in [6.45, 7) is 15.9. The van der Waals surface area contributed by atoms with Crippen LogP contribution in [-0.4, -0.2) is 49.8 Å². The Morgan fingerprint density at radius 2 is 2.06 bits per heavy atom. The smallest absolute Gasteiger partial charge is 0.0593 e. The molecule has 0 aromatic carbocycles. The van der Waals surface area contributed by atoms with Crippen LogP contribution < -0.4 is 5.32 Å². The van der Waals surface area contributed by atoms with Gasteiger partial charge in [-0.3, -0.25) is 4.90 Å². The molecule has 3 heteroatoms. The Labute approximate surface area is 112 Å².